The van der Waals surface area contributed by atoms with Crippen LogP contribution in [0, 0.1) is 0 Å². The van der Waals surface area contributed by atoms with Crippen molar-refractivity contribution in [2.24, 2.45) is 0 Å². The standard InChI is InChI=1S/C36H60O60S10/c37-13-15(39)31-81-7(1-75-97(45,46)47)21(13)89-35-29(95-105(69,70)71)17(41)23(9(85-35)3-77-99(51,52)53)87-34-20(44)28(94-104(66,67)68)26(12(84-34)6-80-102(60,61)62)92-32-16(40)14(38)22(8(82-32)2-76-98(48,49)50)90-36-30(96-106(72,73)74)18(42)24(10(86-36)4-78-100(54,55)56)88-33-19(43)27(93-103(63,64)65)25(91-31)11(83-33)5-79-101(57,58)59/h7-44H,1-6H2,(H,45,46,47)(H,48,49,50)(H,51,52,53)(H,54,55,56)(H,57,58,59)(H,60,61,62)(H,63,64,65)(H,66,67,68)(H,69,70,71)(H,72,73,74)/t7?,8?,9?,10?,11?,12?,13-,14-,15?,16?,17+,18+,19?,20?,21-,22-,23-,24-,25-,26-,27-,28-,29?,30?,31-,32+,33-,34-,35-,36-/m1/s1. The van der Waals surface area contributed by atoms with Gasteiger partial charge in [0.05, 0.1) is 39.6 Å². The second-order valence-corrected chi connectivity index (χ2v) is 32.8. The van der Waals surface area contributed by atoms with Crippen molar-refractivity contribution in [1.29, 1.82) is 0 Å². The lowest BCUT2D eigenvalue weighted by atomic mass is 9.94. The largest absolute Gasteiger partial charge is 0.397 e. The molecule has 22 saturated heterocycles. The molecule has 0 aromatic carbocycles. The van der Waals surface area contributed by atoms with Crippen molar-refractivity contribution in [3.63, 3.8) is 0 Å². The maximum Gasteiger partial charge on any atom is 0.397 e. The minimum Gasteiger partial charge on any atom is -0.387 e. The predicted molar refractivity (Wildman–Crippen MR) is 300 cm³/mol. The molecule has 60 nitrogen and oxygen atoms in total. The first-order valence-electron chi connectivity index (χ1n) is 27.7. The van der Waals surface area contributed by atoms with E-state index in [1.54, 1.807) is 0 Å². The molecule has 0 aromatic rings. The fourth-order valence-electron chi connectivity index (χ4n) is 10.7. The van der Waals surface area contributed by atoms with Crippen LogP contribution in [0.25, 0.3) is 0 Å². The van der Waals surface area contributed by atoms with E-state index >= 15 is 0 Å². The fourth-order valence-corrected chi connectivity index (χ4v) is 14.5. The van der Waals surface area contributed by atoms with Gasteiger partial charge in [-0.25, -0.2) is 41.8 Å². The monoisotopic (exact) mass is 1770 g/mol. The van der Waals surface area contributed by atoms with Gasteiger partial charge < -0.3 is 97.7 Å². The van der Waals surface area contributed by atoms with Gasteiger partial charge in [-0.05, 0) is 0 Å². The summed E-state index contributed by atoms with van der Waals surface area (Å²) < 4.78 is 453. The Kier molecular flexibility index (Phi) is 29.7. The van der Waals surface area contributed by atoms with Gasteiger partial charge in [0.2, 0.25) is 0 Å². The molecule has 22 fully saturated rings. The Balaban J connectivity index is 1.49. The van der Waals surface area contributed by atoms with Crippen molar-refractivity contribution in [3.8, 4) is 0 Å². The molecule has 22 aliphatic rings. The van der Waals surface area contributed by atoms with Gasteiger partial charge in [-0.3, -0.25) is 45.5 Å². The summed E-state index contributed by atoms with van der Waals surface area (Å²) in [7, 11) is -60.5. The van der Waals surface area contributed by atoms with E-state index in [-0.39, 0.29) is 0 Å². The molecule has 18 N–H and O–H groups in total. The topological polar surface area (TPSA) is 909 Å². The number of hydrogen-bond donors (Lipinski definition) is 18. The molecule has 0 aromatic heterocycles. The van der Waals surface area contributed by atoms with Crippen LogP contribution >= 0.6 is 0 Å². The lowest BCUT2D eigenvalue weighted by Crippen LogP contribution is -2.70. The van der Waals surface area contributed by atoms with E-state index in [0.717, 1.165) is 0 Å². The quantitative estimate of drug-likeness (QED) is 0.0358. The predicted octanol–water partition coefficient (Wildman–Crippen LogP) is -14.8. The molecule has 0 spiro atoms. The van der Waals surface area contributed by atoms with Crippen LogP contribution in [0.2, 0.25) is 0 Å². The molecular weight excluding hydrogens is 1710 g/mol. The Labute approximate surface area is 594 Å². The zero-order valence-corrected chi connectivity index (χ0v) is 59.0. The average molecular weight is 1770 g/mol. The van der Waals surface area contributed by atoms with Crippen LogP contribution in [-0.2, 0) is 203 Å². The summed E-state index contributed by atoms with van der Waals surface area (Å²) in [6.45, 7) is -11.6. The summed E-state index contributed by atoms with van der Waals surface area (Å²) in [5.41, 5.74) is 0. The maximum absolute atomic E-state index is 12.6. The minimum atomic E-state index is -6.28. The molecule has 0 aliphatic carbocycles. The van der Waals surface area contributed by atoms with E-state index < -0.39 is 328 Å². The highest BCUT2D eigenvalue weighted by Gasteiger charge is 2.62. The van der Waals surface area contributed by atoms with Gasteiger partial charge in [-0.15, -0.1) is 0 Å². The van der Waals surface area contributed by atoms with E-state index in [4.69, 9.17) is 56.8 Å². The maximum atomic E-state index is 12.6. The number of aliphatic hydroxyl groups is 8. The first kappa shape index (κ1) is 91.1. The van der Waals surface area contributed by atoms with E-state index in [9.17, 15) is 171 Å². The third-order valence-corrected chi connectivity index (χ3v) is 19.2. The SMILES string of the molecule is O=S(=O)(O)OCC1O[C@@H]2O[C@@H]3C(COS(=O)(=O)O)O[C@H](O[C@@H]4C(COS(=O)(=O)O)O[C@H](O[C@@H]5C(COS(=O)(=O)O)O[C@@H](O[C@@H]6C(COS(=O)(=O)O)O[C@H](O[C@@H]7C(COS(=O)(=O)O)O[C@H](O[C@H]1[C@H](O)C2O)C(OS(=O)(=O)O)[C@H]7O)C(O)[C@H]6OS(=O)(=O)O)C(O)[C@H]5O)C(OS(=O)(=O)O)[C@H]4O)C(O)[C@H]3OS(=O)(=O)O. The molecule has 30 atom stereocenters. The van der Waals surface area contributed by atoms with Gasteiger partial charge in [0, 0.05) is 0 Å². The van der Waals surface area contributed by atoms with Gasteiger partial charge >= 0.3 is 104 Å². The van der Waals surface area contributed by atoms with E-state index in [2.05, 4.69) is 41.8 Å². The van der Waals surface area contributed by atoms with Crippen molar-refractivity contribution >= 4 is 104 Å². The van der Waals surface area contributed by atoms with Crippen LogP contribution in [0.1, 0.15) is 0 Å². The first-order chi connectivity index (χ1) is 48.0. The Hall–Kier alpha value is -2.10. The molecule has 70 heteroatoms. The lowest BCUT2D eigenvalue weighted by molar-refractivity contribution is -0.400. The van der Waals surface area contributed by atoms with Crippen molar-refractivity contribution in [2.45, 2.75) is 184 Å². The Bertz CT molecular complexity index is 3930. The highest BCUT2D eigenvalue weighted by Crippen LogP contribution is 2.41. The fraction of sp³-hybridized carbons (Fsp3) is 1.00. The molecule has 22 heterocycles. The minimum absolute atomic E-state index is 1.91. The normalized spacial score (nSPS) is 40.5. The summed E-state index contributed by atoms with van der Waals surface area (Å²) in [6, 6.07) is 0. The number of hydrogen-bond acceptors (Lipinski definition) is 50. The molecule has 106 heavy (non-hydrogen) atoms. The zero-order chi connectivity index (χ0) is 80.1. The summed E-state index contributed by atoms with van der Waals surface area (Å²) >= 11 is 0. The molecule has 22 rings (SSSR count). The first-order valence-corrected chi connectivity index (χ1v) is 41.3. The van der Waals surface area contributed by atoms with Crippen molar-refractivity contribution in [2.75, 3.05) is 39.6 Å². The summed E-state index contributed by atoms with van der Waals surface area (Å²) in [4.78, 5) is 0. The highest BCUT2D eigenvalue weighted by molar-refractivity contribution is 7.83. The Morgan fingerprint density at radius 1 is 0.189 bits per heavy atom. The average Bonchev–Trinajstić information content (AvgIpc) is 0.764. The second kappa shape index (κ2) is 34.5. The Morgan fingerprint density at radius 2 is 0.358 bits per heavy atom. The van der Waals surface area contributed by atoms with Crippen molar-refractivity contribution < 1.29 is 269 Å². The van der Waals surface area contributed by atoms with Crippen LogP contribution < -0.4 is 0 Å². The highest BCUT2D eigenvalue weighted by atomic mass is 32.3. The third kappa shape index (κ3) is 26.5. The van der Waals surface area contributed by atoms with Gasteiger partial charge in [0.1, 0.15) is 134 Å². The zero-order valence-electron chi connectivity index (χ0n) is 50.8. The Morgan fingerprint density at radius 3 is 0.575 bits per heavy atom. The van der Waals surface area contributed by atoms with E-state index in [0.29, 0.717) is 0 Å². The third-order valence-electron chi connectivity index (χ3n) is 14.7. The van der Waals surface area contributed by atoms with Gasteiger partial charge in [-0.2, -0.15) is 84.2 Å². The number of aliphatic hydroxyl groups excluding tert-OH is 8. The van der Waals surface area contributed by atoms with Crippen molar-refractivity contribution in [1.82, 2.24) is 0 Å². The molecule has 624 valence electrons. The summed E-state index contributed by atoms with van der Waals surface area (Å²) in [5, 5.41) is 94.7. The molecule has 0 amide bonds. The number of rotatable bonds is 26. The smallest absolute Gasteiger partial charge is 0.387 e. The van der Waals surface area contributed by atoms with Gasteiger partial charge in [0.25, 0.3) is 0 Å². The molecule has 0 radical (unpaired) electrons. The van der Waals surface area contributed by atoms with Crippen LogP contribution in [-0.4, -0.2) is 394 Å². The van der Waals surface area contributed by atoms with Crippen LogP contribution in [0.5, 0.6) is 0 Å². The molecule has 0 saturated carbocycles. The van der Waals surface area contributed by atoms with Gasteiger partial charge in [0.15, 0.2) is 49.9 Å². The molecule has 12 unspecified atom stereocenters. The van der Waals surface area contributed by atoms with E-state index in [1.165, 1.54) is 0 Å². The van der Waals surface area contributed by atoms with E-state index in [1.807, 2.05) is 0 Å². The summed E-state index contributed by atoms with van der Waals surface area (Å²) in [5.74, 6) is 0. The second-order valence-electron chi connectivity index (χ2n) is 22.0. The summed E-state index contributed by atoms with van der Waals surface area (Å²) in [6.07, 6.45) is -92.4. The van der Waals surface area contributed by atoms with Crippen LogP contribution in [0.15, 0.2) is 0 Å². The van der Waals surface area contributed by atoms with Gasteiger partial charge in [-0.1, -0.05) is 0 Å². The lowest BCUT2D eigenvalue weighted by Gasteiger charge is -2.51. The van der Waals surface area contributed by atoms with Crippen LogP contribution in [0.3, 0.4) is 0 Å². The molecule has 22 aliphatic heterocycles. The van der Waals surface area contributed by atoms with Crippen LogP contribution in [0.4, 0.5) is 0 Å². The molecule has 12 bridgehead atoms. The molecular formula is C36H60O60S10. The number of ether oxygens (including phenoxy) is 12. The van der Waals surface area contributed by atoms with Crippen molar-refractivity contribution in [3.05, 3.63) is 0 Å².